The van der Waals surface area contributed by atoms with Gasteiger partial charge in [-0.15, -0.1) is 0 Å². The number of hydrogen-bond acceptors (Lipinski definition) is 3. The van der Waals surface area contributed by atoms with Crippen LogP contribution in [0, 0.1) is 13.8 Å². The molecular formula is C11H14BrNO3. The second-order valence-corrected chi connectivity index (χ2v) is 4.57. The minimum atomic E-state index is -0.985. The molecule has 1 aromatic carbocycles. The molecule has 1 atom stereocenters. The molecule has 1 unspecified atom stereocenters. The van der Waals surface area contributed by atoms with E-state index in [1.807, 2.05) is 13.8 Å². The van der Waals surface area contributed by atoms with Gasteiger partial charge >= 0.3 is 5.97 Å². The largest absolute Gasteiger partial charge is 0.506 e. The molecule has 0 amide bonds. The van der Waals surface area contributed by atoms with E-state index in [2.05, 4.69) is 15.9 Å². The molecule has 1 aromatic rings. The molecule has 0 aliphatic heterocycles. The Morgan fingerprint density at radius 3 is 2.62 bits per heavy atom. The predicted molar refractivity (Wildman–Crippen MR) is 64.5 cm³/mol. The summed E-state index contributed by atoms with van der Waals surface area (Å²) in [4.78, 5) is 10.6. The number of carboxylic acid groups (broad SMARTS) is 1. The summed E-state index contributed by atoms with van der Waals surface area (Å²) in [5.74, 6) is -0.960. The second-order valence-electron chi connectivity index (χ2n) is 3.77. The van der Waals surface area contributed by atoms with Gasteiger partial charge in [0.15, 0.2) is 0 Å². The first kappa shape index (κ1) is 13.0. The molecule has 0 saturated carbocycles. The first-order chi connectivity index (χ1) is 7.34. The molecule has 0 radical (unpaired) electrons. The van der Waals surface area contributed by atoms with Crippen LogP contribution in [-0.2, 0) is 4.79 Å². The monoisotopic (exact) mass is 287 g/mol. The van der Waals surface area contributed by atoms with E-state index in [-0.39, 0.29) is 12.2 Å². The molecular weight excluding hydrogens is 274 g/mol. The number of phenolic OH excluding ortho intramolecular Hbond substituents is 1. The van der Waals surface area contributed by atoms with E-state index >= 15 is 0 Å². The molecule has 4 nitrogen and oxygen atoms in total. The van der Waals surface area contributed by atoms with Gasteiger partial charge in [0, 0.05) is 11.6 Å². The van der Waals surface area contributed by atoms with Crippen LogP contribution >= 0.6 is 15.9 Å². The van der Waals surface area contributed by atoms with E-state index in [0.717, 1.165) is 11.1 Å². The summed E-state index contributed by atoms with van der Waals surface area (Å²) >= 11 is 3.26. The SMILES string of the molecule is Cc1cc(C(N)CC(=O)O)c(O)c(Br)c1C. The lowest BCUT2D eigenvalue weighted by Crippen LogP contribution is -2.15. The van der Waals surface area contributed by atoms with Crippen molar-refractivity contribution in [1.29, 1.82) is 0 Å². The van der Waals surface area contributed by atoms with Gasteiger partial charge < -0.3 is 15.9 Å². The van der Waals surface area contributed by atoms with Crippen molar-refractivity contribution in [2.45, 2.75) is 26.3 Å². The number of carbonyl (C=O) groups is 1. The third-order valence-electron chi connectivity index (χ3n) is 2.57. The van der Waals surface area contributed by atoms with E-state index in [9.17, 15) is 9.90 Å². The number of benzene rings is 1. The van der Waals surface area contributed by atoms with Gasteiger partial charge in [-0.2, -0.15) is 0 Å². The fourth-order valence-corrected chi connectivity index (χ4v) is 2.01. The van der Waals surface area contributed by atoms with Crippen LogP contribution < -0.4 is 5.73 Å². The number of nitrogens with two attached hydrogens (primary N) is 1. The predicted octanol–water partition coefficient (Wildman–Crippen LogP) is 2.25. The summed E-state index contributed by atoms with van der Waals surface area (Å²) in [5.41, 5.74) is 8.06. The van der Waals surface area contributed by atoms with E-state index in [1.54, 1.807) is 6.07 Å². The van der Waals surface area contributed by atoms with Crippen LogP contribution in [-0.4, -0.2) is 16.2 Å². The number of phenols is 1. The van der Waals surface area contributed by atoms with Crippen molar-refractivity contribution in [3.05, 3.63) is 27.2 Å². The molecule has 16 heavy (non-hydrogen) atoms. The molecule has 5 heteroatoms. The minimum Gasteiger partial charge on any atom is -0.506 e. The highest BCUT2D eigenvalue weighted by Crippen LogP contribution is 2.36. The van der Waals surface area contributed by atoms with Crippen molar-refractivity contribution >= 4 is 21.9 Å². The fourth-order valence-electron chi connectivity index (χ4n) is 1.47. The summed E-state index contributed by atoms with van der Waals surface area (Å²) in [6.07, 6.45) is -0.206. The molecule has 0 bridgehead atoms. The number of rotatable bonds is 3. The van der Waals surface area contributed by atoms with Crippen LogP contribution in [0.4, 0.5) is 0 Å². The molecule has 0 heterocycles. The van der Waals surface area contributed by atoms with E-state index in [4.69, 9.17) is 10.8 Å². The van der Waals surface area contributed by atoms with Gasteiger partial charge in [0.05, 0.1) is 10.9 Å². The normalized spacial score (nSPS) is 12.5. The van der Waals surface area contributed by atoms with Gasteiger partial charge in [0.1, 0.15) is 5.75 Å². The van der Waals surface area contributed by atoms with Crippen LogP contribution in [0.3, 0.4) is 0 Å². The number of carboxylic acids is 1. The lowest BCUT2D eigenvalue weighted by atomic mass is 9.98. The number of hydrogen-bond donors (Lipinski definition) is 3. The van der Waals surface area contributed by atoms with E-state index < -0.39 is 12.0 Å². The van der Waals surface area contributed by atoms with Crippen molar-refractivity contribution in [3.63, 3.8) is 0 Å². The van der Waals surface area contributed by atoms with Gasteiger partial charge in [0.25, 0.3) is 0 Å². The number of aromatic hydroxyl groups is 1. The third-order valence-corrected chi connectivity index (χ3v) is 3.54. The summed E-state index contributed by atoms with van der Waals surface area (Å²) < 4.78 is 0.573. The Morgan fingerprint density at radius 2 is 2.12 bits per heavy atom. The van der Waals surface area contributed by atoms with Crippen LogP contribution in [0.5, 0.6) is 5.75 Å². The number of aliphatic carboxylic acids is 1. The summed E-state index contributed by atoms with van der Waals surface area (Å²) in [6.45, 7) is 3.75. The Morgan fingerprint density at radius 1 is 1.56 bits per heavy atom. The average molecular weight is 288 g/mol. The Labute approximate surface area is 102 Å². The van der Waals surface area contributed by atoms with Gasteiger partial charge in [-0.3, -0.25) is 4.79 Å². The van der Waals surface area contributed by atoms with Crippen LogP contribution in [0.2, 0.25) is 0 Å². The third kappa shape index (κ3) is 2.54. The van der Waals surface area contributed by atoms with Crippen molar-refractivity contribution in [3.8, 4) is 5.75 Å². The van der Waals surface area contributed by atoms with Crippen LogP contribution in [0.25, 0.3) is 0 Å². The highest BCUT2D eigenvalue weighted by atomic mass is 79.9. The molecule has 0 fully saturated rings. The molecule has 0 aliphatic rings. The van der Waals surface area contributed by atoms with Crippen molar-refractivity contribution in [2.75, 3.05) is 0 Å². The Balaban J connectivity index is 3.19. The zero-order chi connectivity index (χ0) is 12.5. The summed E-state index contributed by atoms with van der Waals surface area (Å²) in [5, 5.41) is 18.5. The molecule has 0 spiro atoms. The van der Waals surface area contributed by atoms with Crippen molar-refractivity contribution < 1.29 is 15.0 Å². The lowest BCUT2D eigenvalue weighted by molar-refractivity contribution is -0.137. The van der Waals surface area contributed by atoms with Gasteiger partial charge in [-0.1, -0.05) is 6.07 Å². The zero-order valence-corrected chi connectivity index (χ0v) is 10.7. The number of aryl methyl sites for hydroxylation is 1. The maximum atomic E-state index is 10.6. The standard InChI is InChI=1S/C11H14BrNO3/c1-5-3-7(8(13)4-9(14)15)11(16)10(12)6(5)2/h3,8,16H,4,13H2,1-2H3,(H,14,15). The van der Waals surface area contributed by atoms with Crippen molar-refractivity contribution in [1.82, 2.24) is 0 Å². The van der Waals surface area contributed by atoms with Gasteiger partial charge in [-0.25, -0.2) is 0 Å². The summed E-state index contributed by atoms with van der Waals surface area (Å²) in [6, 6.07) is 1.02. The molecule has 0 saturated heterocycles. The topological polar surface area (TPSA) is 83.6 Å². The van der Waals surface area contributed by atoms with Crippen LogP contribution in [0.1, 0.15) is 29.2 Å². The number of halogens is 1. The Hall–Kier alpha value is -1.07. The average Bonchev–Trinajstić information content (AvgIpc) is 2.19. The maximum Gasteiger partial charge on any atom is 0.305 e. The van der Waals surface area contributed by atoms with E-state index in [1.165, 1.54) is 0 Å². The smallest absolute Gasteiger partial charge is 0.305 e. The molecule has 0 aromatic heterocycles. The zero-order valence-electron chi connectivity index (χ0n) is 9.12. The Bertz CT molecular complexity index is 432. The van der Waals surface area contributed by atoms with Gasteiger partial charge in [-0.05, 0) is 40.9 Å². The minimum absolute atomic E-state index is 0.0249. The van der Waals surface area contributed by atoms with Crippen molar-refractivity contribution in [2.24, 2.45) is 5.73 Å². The second kappa shape index (κ2) is 4.84. The first-order valence-corrected chi connectivity index (χ1v) is 5.59. The fraction of sp³-hybridized carbons (Fsp3) is 0.364. The quantitative estimate of drug-likeness (QED) is 0.796. The molecule has 88 valence electrons. The lowest BCUT2D eigenvalue weighted by Gasteiger charge is -2.15. The molecule has 1 rings (SSSR count). The maximum absolute atomic E-state index is 10.6. The van der Waals surface area contributed by atoms with Crippen LogP contribution in [0.15, 0.2) is 10.5 Å². The highest BCUT2D eigenvalue weighted by molar-refractivity contribution is 9.10. The summed E-state index contributed by atoms with van der Waals surface area (Å²) in [7, 11) is 0. The highest BCUT2D eigenvalue weighted by Gasteiger charge is 2.18. The molecule has 4 N–H and O–H groups in total. The molecule has 0 aliphatic carbocycles. The first-order valence-electron chi connectivity index (χ1n) is 4.80. The van der Waals surface area contributed by atoms with E-state index in [0.29, 0.717) is 10.0 Å². The Kier molecular flexibility index (Phi) is 3.93. The van der Waals surface area contributed by atoms with Gasteiger partial charge in [0.2, 0.25) is 0 Å².